The predicted octanol–water partition coefficient (Wildman–Crippen LogP) is 1.19. The average Bonchev–Trinajstić information content (AvgIpc) is 2.26. The average molecular weight is 240 g/mol. The Bertz CT molecular complexity index is 394. The highest BCUT2D eigenvalue weighted by atomic mass is 19.1. The van der Waals surface area contributed by atoms with Crippen molar-refractivity contribution in [1.29, 1.82) is 0 Å². The van der Waals surface area contributed by atoms with Gasteiger partial charge in [0.25, 0.3) is 5.91 Å². The zero-order chi connectivity index (χ0) is 12.8. The lowest BCUT2D eigenvalue weighted by Gasteiger charge is -2.12. The van der Waals surface area contributed by atoms with E-state index in [1.807, 2.05) is 13.8 Å². The van der Waals surface area contributed by atoms with E-state index in [1.54, 1.807) is 12.1 Å². The van der Waals surface area contributed by atoms with Crippen molar-refractivity contribution in [3.8, 4) is 5.75 Å². The molecule has 0 bridgehead atoms. The molecule has 4 nitrogen and oxygen atoms in total. The monoisotopic (exact) mass is 240 g/mol. The first-order valence-corrected chi connectivity index (χ1v) is 5.44. The van der Waals surface area contributed by atoms with E-state index in [9.17, 15) is 9.18 Å². The highest BCUT2D eigenvalue weighted by Gasteiger charge is 2.11. The molecule has 0 saturated heterocycles. The fourth-order valence-electron chi connectivity index (χ4n) is 1.38. The number of nitrogens with one attached hydrogen (secondary N) is 1. The van der Waals surface area contributed by atoms with Crippen LogP contribution in [0.5, 0.6) is 5.75 Å². The first-order valence-electron chi connectivity index (χ1n) is 5.44. The van der Waals surface area contributed by atoms with Gasteiger partial charge in [-0.05, 0) is 19.9 Å². The van der Waals surface area contributed by atoms with Crippen LogP contribution < -0.4 is 15.8 Å². The quantitative estimate of drug-likeness (QED) is 0.812. The van der Waals surface area contributed by atoms with Crippen molar-refractivity contribution in [2.24, 2.45) is 5.73 Å². The van der Waals surface area contributed by atoms with Crippen LogP contribution in [0, 0.1) is 5.82 Å². The Morgan fingerprint density at radius 1 is 1.53 bits per heavy atom. The van der Waals surface area contributed by atoms with Gasteiger partial charge in [-0.1, -0.05) is 12.1 Å². The van der Waals surface area contributed by atoms with E-state index in [-0.39, 0.29) is 30.9 Å². The van der Waals surface area contributed by atoms with Crippen LogP contribution in [0.25, 0.3) is 0 Å². The fraction of sp³-hybridized carbons (Fsp3) is 0.417. The summed E-state index contributed by atoms with van der Waals surface area (Å²) in [5.74, 6) is -0.745. The normalized spacial score (nSPS) is 10.4. The lowest BCUT2D eigenvalue weighted by Crippen LogP contribution is -2.34. The Hall–Kier alpha value is -1.62. The second-order valence-corrected chi connectivity index (χ2v) is 3.94. The molecule has 0 atom stereocenters. The zero-order valence-electron chi connectivity index (χ0n) is 10.00. The van der Waals surface area contributed by atoms with Gasteiger partial charge in [-0.15, -0.1) is 0 Å². The highest BCUT2D eigenvalue weighted by Crippen LogP contribution is 2.21. The highest BCUT2D eigenvalue weighted by molar-refractivity contribution is 5.77. The minimum atomic E-state index is -0.509. The van der Waals surface area contributed by atoms with Gasteiger partial charge in [0, 0.05) is 18.2 Å². The molecule has 94 valence electrons. The number of halogens is 1. The van der Waals surface area contributed by atoms with E-state index in [1.165, 1.54) is 6.07 Å². The molecule has 0 aromatic heterocycles. The molecule has 0 saturated carbocycles. The first-order chi connectivity index (χ1) is 8.04. The van der Waals surface area contributed by atoms with Gasteiger partial charge in [-0.3, -0.25) is 4.79 Å². The summed E-state index contributed by atoms with van der Waals surface area (Å²) in [7, 11) is 0. The van der Waals surface area contributed by atoms with E-state index in [2.05, 4.69) is 5.32 Å². The molecule has 1 aromatic carbocycles. The maximum atomic E-state index is 13.4. The van der Waals surface area contributed by atoms with Crippen LogP contribution in [0.4, 0.5) is 4.39 Å². The van der Waals surface area contributed by atoms with Gasteiger partial charge in [0.2, 0.25) is 0 Å². The largest absolute Gasteiger partial charge is 0.480 e. The van der Waals surface area contributed by atoms with Gasteiger partial charge in [-0.2, -0.15) is 0 Å². The van der Waals surface area contributed by atoms with Crippen LogP contribution in [-0.2, 0) is 11.3 Å². The standard InChI is InChI=1S/C12H17FN2O2/c1-8(2)15-11(16)7-17-12-9(6-14)4-3-5-10(12)13/h3-5,8H,6-7,14H2,1-2H3,(H,15,16). The molecular weight excluding hydrogens is 223 g/mol. The molecule has 1 aromatic rings. The molecule has 0 aliphatic heterocycles. The van der Waals surface area contributed by atoms with E-state index < -0.39 is 5.82 Å². The maximum Gasteiger partial charge on any atom is 0.258 e. The second-order valence-electron chi connectivity index (χ2n) is 3.94. The Balaban J connectivity index is 2.65. The number of hydrogen-bond acceptors (Lipinski definition) is 3. The number of nitrogens with two attached hydrogens (primary N) is 1. The summed E-state index contributed by atoms with van der Waals surface area (Å²) in [6.45, 7) is 3.63. The Kier molecular flexibility index (Phi) is 4.90. The molecule has 0 heterocycles. The number of hydrogen-bond donors (Lipinski definition) is 2. The van der Waals surface area contributed by atoms with Gasteiger partial charge < -0.3 is 15.8 Å². The summed E-state index contributed by atoms with van der Waals surface area (Å²) < 4.78 is 18.6. The number of amides is 1. The molecule has 0 radical (unpaired) electrons. The molecule has 3 N–H and O–H groups in total. The summed E-state index contributed by atoms with van der Waals surface area (Å²) in [5.41, 5.74) is 6.00. The summed E-state index contributed by atoms with van der Waals surface area (Å²) in [4.78, 5) is 11.3. The third kappa shape index (κ3) is 4.03. The summed E-state index contributed by atoms with van der Waals surface area (Å²) in [5, 5.41) is 2.65. The molecule has 1 amide bonds. The first kappa shape index (κ1) is 13.4. The van der Waals surface area contributed by atoms with Crippen molar-refractivity contribution in [2.75, 3.05) is 6.61 Å². The van der Waals surface area contributed by atoms with E-state index >= 15 is 0 Å². The van der Waals surface area contributed by atoms with Crippen LogP contribution in [0.2, 0.25) is 0 Å². The number of benzene rings is 1. The Morgan fingerprint density at radius 2 is 2.24 bits per heavy atom. The number of para-hydroxylation sites is 1. The third-order valence-corrected chi connectivity index (χ3v) is 2.07. The van der Waals surface area contributed by atoms with Gasteiger partial charge in [-0.25, -0.2) is 4.39 Å². The van der Waals surface area contributed by atoms with Crippen molar-refractivity contribution in [3.63, 3.8) is 0 Å². The molecule has 0 fully saturated rings. The van der Waals surface area contributed by atoms with Gasteiger partial charge >= 0.3 is 0 Å². The van der Waals surface area contributed by atoms with Crippen LogP contribution in [-0.4, -0.2) is 18.6 Å². The van der Waals surface area contributed by atoms with E-state index in [0.717, 1.165) is 0 Å². The minimum absolute atomic E-state index is 0.0284. The molecule has 0 unspecified atom stereocenters. The molecule has 0 spiro atoms. The second kappa shape index (κ2) is 6.20. The predicted molar refractivity (Wildman–Crippen MR) is 63.1 cm³/mol. The van der Waals surface area contributed by atoms with Gasteiger partial charge in [0.1, 0.15) is 0 Å². The van der Waals surface area contributed by atoms with Crippen LogP contribution in [0.3, 0.4) is 0 Å². The van der Waals surface area contributed by atoms with Crippen molar-refractivity contribution in [1.82, 2.24) is 5.32 Å². The molecule has 0 aliphatic rings. The van der Waals surface area contributed by atoms with Crippen molar-refractivity contribution < 1.29 is 13.9 Å². The summed E-state index contributed by atoms with van der Waals surface area (Å²) >= 11 is 0. The summed E-state index contributed by atoms with van der Waals surface area (Å²) in [6, 6.07) is 4.52. The van der Waals surface area contributed by atoms with Gasteiger partial charge in [0.15, 0.2) is 18.2 Å². The molecular formula is C12H17FN2O2. The summed E-state index contributed by atoms with van der Waals surface area (Å²) in [6.07, 6.45) is 0. The zero-order valence-corrected chi connectivity index (χ0v) is 10.00. The van der Waals surface area contributed by atoms with Crippen LogP contribution >= 0.6 is 0 Å². The van der Waals surface area contributed by atoms with Crippen LogP contribution in [0.15, 0.2) is 18.2 Å². The fourth-order valence-corrected chi connectivity index (χ4v) is 1.38. The maximum absolute atomic E-state index is 13.4. The topological polar surface area (TPSA) is 64.3 Å². The number of ether oxygens (including phenoxy) is 1. The molecule has 0 aliphatic carbocycles. The third-order valence-electron chi connectivity index (χ3n) is 2.07. The minimum Gasteiger partial charge on any atom is -0.480 e. The van der Waals surface area contributed by atoms with E-state index in [0.29, 0.717) is 5.56 Å². The van der Waals surface area contributed by atoms with E-state index in [4.69, 9.17) is 10.5 Å². The number of rotatable bonds is 5. The molecule has 5 heteroatoms. The lowest BCUT2D eigenvalue weighted by atomic mass is 10.2. The van der Waals surface area contributed by atoms with Gasteiger partial charge in [0.05, 0.1) is 0 Å². The molecule has 1 rings (SSSR count). The van der Waals surface area contributed by atoms with Crippen LogP contribution in [0.1, 0.15) is 19.4 Å². The SMILES string of the molecule is CC(C)NC(=O)COc1c(F)cccc1CN. The lowest BCUT2D eigenvalue weighted by molar-refractivity contribution is -0.123. The smallest absolute Gasteiger partial charge is 0.258 e. The number of carbonyl (C=O) groups is 1. The van der Waals surface area contributed by atoms with Crippen molar-refractivity contribution in [2.45, 2.75) is 26.4 Å². The number of carbonyl (C=O) groups excluding carboxylic acids is 1. The van der Waals surface area contributed by atoms with Crippen molar-refractivity contribution >= 4 is 5.91 Å². The molecule has 17 heavy (non-hydrogen) atoms. The Labute approximate surface area is 100.0 Å². The Morgan fingerprint density at radius 3 is 2.82 bits per heavy atom. The van der Waals surface area contributed by atoms with Crippen molar-refractivity contribution in [3.05, 3.63) is 29.6 Å².